The summed E-state index contributed by atoms with van der Waals surface area (Å²) in [4.78, 5) is 1.34. The summed E-state index contributed by atoms with van der Waals surface area (Å²) in [6, 6.07) is 10.6. The zero-order chi connectivity index (χ0) is 12.0. The Morgan fingerprint density at radius 3 is 2.76 bits per heavy atom. The Hall–Kier alpha value is -0.510. The Balaban J connectivity index is 1.80. The Labute approximate surface area is 108 Å². The number of benzene rings is 1. The van der Waals surface area contributed by atoms with Crippen LogP contribution in [-0.4, -0.2) is 25.5 Å². The molecule has 94 valence electrons. The number of ether oxygens (including phenoxy) is 1. The van der Waals surface area contributed by atoms with Gasteiger partial charge in [-0.25, -0.2) is 0 Å². The standard InChI is InChI=1S/C14H21NOS/c15-11-14(7-4-9-16-12-14)8-10-17-13-5-2-1-3-6-13/h1-3,5-6H,4,7-12,15H2. The summed E-state index contributed by atoms with van der Waals surface area (Å²) < 4.78 is 5.59. The van der Waals surface area contributed by atoms with Crippen molar-refractivity contribution in [3.05, 3.63) is 30.3 Å². The van der Waals surface area contributed by atoms with Crippen LogP contribution in [0, 0.1) is 5.41 Å². The van der Waals surface area contributed by atoms with E-state index in [0.29, 0.717) is 0 Å². The number of rotatable bonds is 5. The van der Waals surface area contributed by atoms with Gasteiger partial charge in [0, 0.05) is 23.5 Å². The number of hydrogen-bond donors (Lipinski definition) is 1. The third kappa shape index (κ3) is 3.73. The molecular weight excluding hydrogens is 230 g/mol. The van der Waals surface area contributed by atoms with Crippen molar-refractivity contribution >= 4 is 11.8 Å². The molecule has 1 unspecified atom stereocenters. The third-order valence-electron chi connectivity index (χ3n) is 3.48. The summed E-state index contributed by atoms with van der Waals surface area (Å²) >= 11 is 1.92. The molecule has 1 saturated heterocycles. The van der Waals surface area contributed by atoms with Crippen molar-refractivity contribution in [2.75, 3.05) is 25.5 Å². The summed E-state index contributed by atoms with van der Waals surface area (Å²) in [6.07, 6.45) is 3.54. The van der Waals surface area contributed by atoms with Gasteiger partial charge in [0.1, 0.15) is 0 Å². The molecule has 0 bridgehead atoms. The van der Waals surface area contributed by atoms with Crippen LogP contribution in [0.25, 0.3) is 0 Å². The minimum Gasteiger partial charge on any atom is -0.381 e. The molecule has 1 aromatic rings. The van der Waals surface area contributed by atoms with Gasteiger partial charge in [0.2, 0.25) is 0 Å². The number of thioether (sulfide) groups is 1. The second kappa shape index (κ2) is 6.43. The highest BCUT2D eigenvalue weighted by atomic mass is 32.2. The third-order valence-corrected chi connectivity index (χ3v) is 4.50. The fourth-order valence-electron chi connectivity index (χ4n) is 2.27. The fraction of sp³-hybridized carbons (Fsp3) is 0.571. The van der Waals surface area contributed by atoms with Gasteiger partial charge in [0.05, 0.1) is 6.61 Å². The Morgan fingerprint density at radius 2 is 2.12 bits per heavy atom. The van der Waals surface area contributed by atoms with E-state index in [0.717, 1.165) is 38.4 Å². The molecule has 0 spiro atoms. The normalized spacial score (nSPS) is 24.8. The van der Waals surface area contributed by atoms with Crippen LogP contribution in [0.5, 0.6) is 0 Å². The maximum atomic E-state index is 5.93. The summed E-state index contributed by atoms with van der Waals surface area (Å²) in [6.45, 7) is 2.51. The maximum Gasteiger partial charge on any atom is 0.0534 e. The van der Waals surface area contributed by atoms with E-state index in [1.54, 1.807) is 0 Å². The maximum absolute atomic E-state index is 5.93. The van der Waals surface area contributed by atoms with Crippen LogP contribution in [0.2, 0.25) is 0 Å². The molecule has 0 amide bonds. The highest BCUT2D eigenvalue weighted by Crippen LogP contribution is 2.33. The second-order valence-electron chi connectivity index (χ2n) is 4.77. The lowest BCUT2D eigenvalue weighted by Crippen LogP contribution is -2.39. The van der Waals surface area contributed by atoms with E-state index < -0.39 is 0 Å². The molecule has 1 heterocycles. The average Bonchev–Trinajstić information content (AvgIpc) is 2.41. The molecule has 1 aliphatic rings. The smallest absolute Gasteiger partial charge is 0.0534 e. The summed E-state index contributed by atoms with van der Waals surface area (Å²) in [7, 11) is 0. The van der Waals surface area contributed by atoms with Gasteiger partial charge < -0.3 is 10.5 Å². The van der Waals surface area contributed by atoms with Crippen molar-refractivity contribution in [3.8, 4) is 0 Å². The van der Waals surface area contributed by atoms with Crippen LogP contribution >= 0.6 is 11.8 Å². The average molecular weight is 251 g/mol. The monoisotopic (exact) mass is 251 g/mol. The van der Waals surface area contributed by atoms with E-state index in [1.807, 2.05) is 11.8 Å². The molecule has 1 aromatic carbocycles. The molecular formula is C14H21NOS. The van der Waals surface area contributed by atoms with Gasteiger partial charge in [-0.3, -0.25) is 0 Å². The molecule has 0 radical (unpaired) electrons. The van der Waals surface area contributed by atoms with E-state index in [2.05, 4.69) is 30.3 Å². The highest BCUT2D eigenvalue weighted by Gasteiger charge is 2.30. The predicted molar refractivity (Wildman–Crippen MR) is 73.3 cm³/mol. The van der Waals surface area contributed by atoms with Gasteiger partial charge >= 0.3 is 0 Å². The topological polar surface area (TPSA) is 35.2 Å². The summed E-state index contributed by atoms with van der Waals surface area (Å²) in [5, 5.41) is 0. The van der Waals surface area contributed by atoms with Crippen molar-refractivity contribution in [1.82, 2.24) is 0 Å². The van der Waals surface area contributed by atoms with Gasteiger partial charge in [-0.2, -0.15) is 0 Å². The molecule has 1 fully saturated rings. The lowest BCUT2D eigenvalue weighted by Gasteiger charge is -2.35. The SMILES string of the molecule is NCC1(CCSc2ccccc2)CCCOC1. The van der Waals surface area contributed by atoms with Crippen molar-refractivity contribution in [3.63, 3.8) is 0 Å². The van der Waals surface area contributed by atoms with E-state index in [1.165, 1.54) is 11.3 Å². The van der Waals surface area contributed by atoms with Crippen molar-refractivity contribution < 1.29 is 4.74 Å². The van der Waals surface area contributed by atoms with Crippen LogP contribution in [0.3, 0.4) is 0 Å². The minimum atomic E-state index is 0.236. The molecule has 2 rings (SSSR count). The Bertz CT molecular complexity index is 322. The van der Waals surface area contributed by atoms with Gasteiger partial charge in [0.25, 0.3) is 0 Å². The van der Waals surface area contributed by atoms with E-state index in [9.17, 15) is 0 Å². The first-order chi connectivity index (χ1) is 8.35. The van der Waals surface area contributed by atoms with Crippen LogP contribution in [0.4, 0.5) is 0 Å². The zero-order valence-electron chi connectivity index (χ0n) is 10.2. The Kier molecular flexibility index (Phi) is 4.89. The molecule has 1 atom stereocenters. The zero-order valence-corrected chi connectivity index (χ0v) is 11.0. The first-order valence-corrected chi connectivity index (χ1v) is 7.29. The van der Waals surface area contributed by atoms with Gasteiger partial charge in [-0.15, -0.1) is 11.8 Å². The van der Waals surface area contributed by atoms with Crippen LogP contribution in [-0.2, 0) is 4.74 Å². The molecule has 0 aliphatic carbocycles. The minimum absolute atomic E-state index is 0.236. The van der Waals surface area contributed by atoms with Crippen molar-refractivity contribution in [2.24, 2.45) is 11.1 Å². The quantitative estimate of drug-likeness (QED) is 0.817. The van der Waals surface area contributed by atoms with Crippen molar-refractivity contribution in [2.45, 2.75) is 24.2 Å². The molecule has 3 heteroatoms. The fourth-order valence-corrected chi connectivity index (χ4v) is 3.39. The van der Waals surface area contributed by atoms with E-state index >= 15 is 0 Å². The van der Waals surface area contributed by atoms with Gasteiger partial charge in [0.15, 0.2) is 0 Å². The second-order valence-corrected chi connectivity index (χ2v) is 5.94. The first kappa shape index (κ1) is 12.9. The van der Waals surface area contributed by atoms with Crippen LogP contribution in [0.15, 0.2) is 35.2 Å². The molecule has 0 saturated carbocycles. The molecule has 17 heavy (non-hydrogen) atoms. The largest absolute Gasteiger partial charge is 0.381 e. The van der Waals surface area contributed by atoms with Gasteiger partial charge in [-0.1, -0.05) is 18.2 Å². The summed E-state index contributed by atoms with van der Waals surface area (Å²) in [5.41, 5.74) is 6.16. The molecule has 2 N–H and O–H groups in total. The van der Waals surface area contributed by atoms with E-state index in [-0.39, 0.29) is 5.41 Å². The lowest BCUT2D eigenvalue weighted by atomic mass is 9.80. The van der Waals surface area contributed by atoms with Crippen molar-refractivity contribution in [1.29, 1.82) is 0 Å². The lowest BCUT2D eigenvalue weighted by molar-refractivity contribution is -0.00420. The summed E-state index contributed by atoms with van der Waals surface area (Å²) in [5.74, 6) is 1.13. The van der Waals surface area contributed by atoms with Crippen LogP contribution < -0.4 is 5.73 Å². The number of nitrogens with two attached hydrogens (primary N) is 1. The van der Waals surface area contributed by atoms with Gasteiger partial charge in [-0.05, 0) is 37.1 Å². The molecule has 2 nitrogen and oxygen atoms in total. The molecule has 0 aromatic heterocycles. The van der Waals surface area contributed by atoms with Crippen LogP contribution in [0.1, 0.15) is 19.3 Å². The molecule has 1 aliphatic heterocycles. The number of hydrogen-bond acceptors (Lipinski definition) is 3. The highest BCUT2D eigenvalue weighted by molar-refractivity contribution is 7.99. The predicted octanol–water partition coefficient (Wildman–Crippen LogP) is 2.92. The first-order valence-electron chi connectivity index (χ1n) is 6.30. The van der Waals surface area contributed by atoms with E-state index in [4.69, 9.17) is 10.5 Å². The Morgan fingerprint density at radius 1 is 1.29 bits per heavy atom.